The molecule has 82 valence electrons. The molecule has 2 heterocycles. The van der Waals surface area contributed by atoms with E-state index in [4.69, 9.17) is 0 Å². The summed E-state index contributed by atoms with van der Waals surface area (Å²) in [4.78, 5) is 11.6. The molecule has 0 amide bonds. The van der Waals surface area contributed by atoms with Crippen LogP contribution in [0.2, 0.25) is 0 Å². The third kappa shape index (κ3) is 1.94. The molecule has 4 nitrogen and oxygen atoms in total. The average Bonchev–Trinajstić information content (AvgIpc) is 2.35. The predicted molar refractivity (Wildman–Crippen MR) is 55.5 cm³/mol. The minimum Gasteiger partial charge on any atom is -0.304 e. The van der Waals surface area contributed by atoms with Crippen LogP contribution in [0.5, 0.6) is 0 Å². The quantitative estimate of drug-likeness (QED) is 0.642. The zero-order valence-electron chi connectivity index (χ0n) is 7.78. The first-order chi connectivity index (χ1) is 6.04. The highest BCUT2D eigenvalue weighted by Crippen LogP contribution is 2.28. The molecule has 0 bridgehead atoms. The van der Waals surface area contributed by atoms with E-state index < -0.39 is 15.4 Å². The van der Waals surface area contributed by atoms with Gasteiger partial charge in [0.05, 0.1) is 17.0 Å². The molecule has 2 rings (SSSR count). The Balaban J connectivity index is 0.000000980. The monoisotopic (exact) mass is 239 g/mol. The molecular weight excluding hydrogens is 226 g/mol. The van der Waals surface area contributed by atoms with Crippen LogP contribution in [0.15, 0.2) is 0 Å². The maximum atomic E-state index is 11.6. The summed E-state index contributed by atoms with van der Waals surface area (Å²) in [5.41, 5.74) is -0.711. The fraction of sp³-hybridized carbons (Fsp3) is 0.875. The number of carbonyl (C=O) groups excluding carboxylic acids is 1. The molecule has 2 aliphatic heterocycles. The summed E-state index contributed by atoms with van der Waals surface area (Å²) in [6, 6.07) is 0. The van der Waals surface area contributed by atoms with Gasteiger partial charge in [-0.2, -0.15) is 0 Å². The highest BCUT2D eigenvalue weighted by atomic mass is 35.5. The van der Waals surface area contributed by atoms with Gasteiger partial charge in [-0.05, 0) is 19.4 Å². The summed E-state index contributed by atoms with van der Waals surface area (Å²) < 4.78 is 22.5. The molecule has 2 saturated heterocycles. The largest absolute Gasteiger partial charge is 0.304 e. The average molecular weight is 240 g/mol. The van der Waals surface area contributed by atoms with Crippen molar-refractivity contribution in [3.05, 3.63) is 0 Å². The van der Waals surface area contributed by atoms with Crippen LogP contribution in [0.3, 0.4) is 0 Å². The number of halogens is 1. The Morgan fingerprint density at radius 1 is 1.36 bits per heavy atom. The first-order valence-corrected chi connectivity index (χ1v) is 6.35. The number of hydrogen-bond acceptors (Lipinski definition) is 4. The van der Waals surface area contributed by atoms with Crippen molar-refractivity contribution in [2.75, 3.05) is 18.1 Å². The van der Waals surface area contributed by atoms with E-state index in [0.717, 1.165) is 13.0 Å². The Morgan fingerprint density at radius 3 is 2.57 bits per heavy atom. The summed E-state index contributed by atoms with van der Waals surface area (Å²) >= 11 is 0. The molecule has 2 aliphatic rings. The number of nitrogens with one attached hydrogen (secondary N) is 1. The van der Waals surface area contributed by atoms with E-state index in [1.54, 1.807) is 0 Å². The second-order valence-corrected chi connectivity index (χ2v) is 6.06. The summed E-state index contributed by atoms with van der Waals surface area (Å²) in [6.07, 6.45) is 1.83. The molecule has 1 N–H and O–H groups in total. The Labute approximate surface area is 89.8 Å². The molecule has 0 radical (unpaired) electrons. The van der Waals surface area contributed by atoms with Gasteiger partial charge in [-0.3, -0.25) is 4.79 Å². The SMILES string of the molecule is Cl.O=C1CCCNC12CCS(=O)(=O)C2. The summed E-state index contributed by atoms with van der Waals surface area (Å²) in [6.45, 7) is 0.765. The van der Waals surface area contributed by atoms with E-state index in [1.165, 1.54) is 0 Å². The normalized spacial score (nSPS) is 35.6. The lowest BCUT2D eigenvalue weighted by molar-refractivity contribution is -0.126. The van der Waals surface area contributed by atoms with E-state index in [-0.39, 0.29) is 29.7 Å². The van der Waals surface area contributed by atoms with Gasteiger partial charge in [0.1, 0.15) is 0 Å². The van der Waals surface area contributed by atoms with Crippen LogP contribution in [0.25, 0.3) is 0 Å². The Hall–Kier alpha value is -0.130. The van der Waals surface area contributed by atoms with E-state index in [9.17, 15) is 13.2 Å². The van der Waals surface area contributed by atoms with Gasteiger partial charge in [-0.25, -0.2) is 8.42 Å². The zero-order valence-corrected chi connectivity index (χ0v) is 9.42. The lowest BCUT2D eigenvalue weighted by atomic mass is 9.87. The van der Waals surface area contributed by atoms with Crippen LogP contribution in [-0.4, -0.2) is 37.8 Å². The number of carbonyl (C=O) groups is 1. The molecule has 0 aliphatic carbocycles. The van der Waals surface area contributed by atoms with Gasteiger partial charge in [0.2, 0.25) is 0 Å². The van der Waals surface area contributed by atoms with Gasteiger partial charge < -0.3 is 5.32 Å². The second kappa shape index (κ2) is 3.79. The molecule has 1 unspecified atom stereocenters. The van der Waals surface area contributed by atoms with E-state index in [0.29, 0.717) is 12.8 Å². The zero-order chi connectivity index (χ0) is 9.53. The first-order valence-electron chi connectivity index (χ1n) is 4.53. The fourth-order valence-electron chi connectivity index (χ4n) is 2.12. The highest BCUT2D eigenvalue weighted by Gasteiger charge is 2.48. The molecular formula is C8H14ClNO3S. The molecule has 6 heteroatoms. The second-order valence-electron chi connectivity index (χ2n) is 3.88. The Morgan fingerprint density at radius 2 is 2.07 bits per heavy atom. The van der Waals surface area contributed by atoms with Gasteiger partial charge in [0, 0.05) is 6.42 Å². The van der Waals surface area contributed by atoms with Crippen LogP contribution in [-0.2, 0) is 14.6 Å². The molecule has 2 fully saturated rings. The van der Waals surface area contributed by atoms with Crippen molar-refractivity contribution >= 4 is 28.0 Å². The third-order valence-electron chi connectivity index (χ3n) is 2.88. The molecule has 14 heavy (non-hydrogen) atoms. The smallest absolute Gasteiger partial charge is 0.153 e. The minimum atomic E-state index is -2.97. The molecule has 0 aromatic rings. The topological polar surface area (TPSA) is 63.2 Å². The van der Waals surface area contributed by atoms with Gasteiger partial charge in [-0.15, -0.1) is 12.4 Å². The number of hydrogen-bond donors (Lipinski definition) is 1. The van der Waals surface area contributed by atoms with Gasteiger partial charge in [0.25, 0.3) is 0 Å². The predicted octanol–water partition coefficient (Wildman–Crippen LogP) is -0.0820. The maximum absolute atomic E-state index is 11.6. The first kappa shape index (κ1) is 11.9. The van der Waals surface area contributed by atoms with Crippen molar-refractivity contribution in [1.82, 2.24) is 5.32 Å². The maximum Gasteiger partial charge on any atom is 0.153 e. The summed E-state index contributed by atoms with van der Waals surface area (Å²) in [7, 11) is -2.97. The Bertz CT molecular complexity index is 340. The molecule has 0 aromatic heterocycles. The number of rotatable bonds is 0. The van der Waals surface area contributed by atoms with E-state index >= 15 is 0 Å². The van der Waals surface area contributed by atoms with Crippen LogP contribution < -0.4 is 5.32 Å². The van der Waals surface area contributed by atoms with Crippen LogP contribution in [0.4, 0.5) is 0 Å². The lowest BCUT2D eigenvalue weighted by Crippen LogP contribution is -2.56. The molecule has 1 spiro atoms. The summed E-state index contributed by atoms with van der Waals surface area (Å²) in [5, 5.41) is 3.07. The molecule has 0 saturated carbocycles. The van der Waals surface area contributed by atoms with Crippen LogP contribution in [0, 0.1) is 0 Å². The van der Waals surface area contributed by atoms with Gasteiger partial charge >= 0.3 is 0 Å². The van der Waals surface area contributed by atoms with Crippen molar-refractivity contribution in [2.45, 2.75) is 24.8 Å². The van der Waals surface area contributed by atoms with Crippen molar-refractivity contribution in [2.24, 2.45) is 0 Å². The molecule has 1 atom stereocenters. The van der Waals surface area contributed by atoms with Crippen molar-refractivity contribution < 1.29 is 13.2 Å². The number of ketones is 1. The number of sulfone groups is 1. The third-order valence-corrected chi connectivity index (χ3v) is 4.64. The van der Waals surface area contributed by atoms with Crippen molar-refractivity contribution in [1.29, 1.82) is 0 Å². The fourth-order valence-corrected chi connectivity index (χ4v) is 4.09. The Kier molecular flexibility index (Phi) is 3.23. The number of Topliss-reactive ketones (excluding diaryl/α,β-unsaturated/α-hetero) is 1. The van der Waals surface area contributed by atoms with Crippen molar-refractivity contribution in [3.8, 4) is 0 Å². The number of piperidine rings is 1. The summed E-state index contributed by atoms with van der Waals surface area (Å²) in [5.74, 6) is 0.254. The van der Waals surface area contributed by atoms with E-state index in [1.807, 2.05) is 0 Å². The van der Waals surface area contributed by atoms with Crippen LogP contribution >= 0.6 is 12.4 Å². The van der Waals surface area contributed by atoms with Crippen molar-refractivity contribution in [3.63, 3.8) is 0 Å². The van der Waals surface area contributed by atoms with Gasteiger partial charge in [0.15, 0.2) is 15.6 Å². The standard InChI is InChI=1S/C8H13NO3S.ClH/c10-7-2-1-4-9-8(7)3-5-13(11,12)6-8;/h9H,1-6H2;1H. The minimum absolute atomic E-state index is 0. The van der Waals surface area contributed by atoms with Gasteiger partial charge in [-0.1, -0.05) is 0 Å². The lowest BCUT2D eigenvalue weighted by Gasteiger charge is -2.31. The molecule has 0 aromatic carbocycles. The van der Waals surface area contributed by atoms with Crippen LogP contribution in [0.1, 0.15) is 19.3 Å². The highest BCUT2D eigenvalue weighted by molar-refractivity contribution is 7.91. The van der Waals surface area contributed by atoms with E-state index in [2.05, 4.69) is 5.32 Å².